The average Bonchev–Trinajstić information content (AvgIpc) is 3.64. The summed E-state index contributed by atoms with van der Waals surface area (Å²) in [5.74, 6) is 1.01. The van der Waals surface area contributed by atoms with Crippen LogP contribution in [0, 0.1) is 5.92 Å². The molecule has 1 unspecified atom stereocenters. The van der Waals surface area contributed by atoms with Crippen molar-refractivity contribution in [3.8, 4) is 5.75 Å². The molecule has 0 bridgehead atoms. The minimum atomic E-state index is -2.52. The number of hydrogen-bond donors (Lipinski definition) is 4. The van der Waals surface area contributed by atoms with Crippen LogP contribution in [0.5, 0.6) is 5.75 Å². The number of rotatable bonds is 17. The van der Waals surface area contributed by atoms with Crippen LogP contribution >= 0.6 is 0 Å². The third-order valence-corrected chi connectivity index (χ3v) is 12.3. The Labute approximate surface area is 285 Å². The zero-order valence-corrected chi connectivity index (χ0v) is 29.8. The van der Waals surface area contributed by atoms with Crippen LogP contribution in [0.1, 0.15) is 56.4 Å². The number of fused-ring (bicyclic) bond motifs is 1. The molecule has 1 fully saturated rings. The first kappa shape index (κ1) is 36.2. The van der Waals surface area contributed by atoms with Crippen molar-refractivity contribution in [2.45, 2.75) is 102 Å². The Hall–Kier alpha value is -3.13. The SMILES string of the molecule is CCOc1ccc2c(c1)CC(NCCCCO)C(=O)N2c1cccc(CC[C@@H]2O[C@H](CCn3cc(CCO)nn3)[C@@H]([Si](C)(C)O)[C@@H]2C)c1. The van der Waals surface area contributed by atoms with Crippen LogP contribution in [-0.2, 0) is 35.3 Å². The summed E-state index contributed by atoms with van der Waals surface area (Å²) < 4.78 is 14.3. The van der Waals surface area contributed by atoms with E-state index in [1.807, 2.05) is 61.4 Å². The van der Waals surface area contributed by atoms with Crippen molar-refractivity contribution in [1.29, 1.82) is 0 Å². The van der Waals surface area contributed by atoms with E-state index < -0.39 is 8.32 Å². The van der Waals surface area contributed by atoms with Crippen molar-refractivity contribution in [1.82, 2.24) is 20.3 Å². The molecule has 5 rings (SSSR count). The number of nitrogens with one attached hydrogen (secondary N) is 1. The van der Waals surface area contributed by atoms with E-state index in [0.717, 1.165) is 59.6 Å². The van der Waals surface area contributed by atoms with Gasteiger partial charge < -0.3 is 29.8 Å². The fourth-order valence-electron chi connectivity index (χ4n) is 7.50. The highest BCUT2D eigenvalue weighted by Gasteiger charge is 2.49. The van der Waals surface area contributed by atoms with Crippen molar-refractivity contribution >= 4 is 25.6 Å². The Morgan fingerprint density at radius 2 is 1.90 bits per heavy atom. The number of anilines is 2. The van der Waals surface area contributed by atoms with E-state index in [1.54, 1.807) is 4.68 Å². The van der Waals surface area contributed by atoms with Crippen LogP contribution in [0.4, 0.5) is 11.4 Å². The lowest BCUT2D eigenvalue weighted by atomic mass is 9.94. The molecule has 0 saturated carbocycles. The summed E-state index contributed by atoms with van der Waals surface area (Å²) >= 11 is 0. The number of amides is 1. The lowest BCUT2D eigenvalue weighted by Gasteiger charge is -2.35. The Morgan fingerprint density at radius 1 is 1.06 bits per heavy atom. The van der Waals surface area contributed by atoms with Crippen molar-refractivity contribution in [3.63, 3.8) is 0 Å². The van der Waals surface area contributed by atoms with Crippen LogP contribution in [0.15, 0.2) is 48.7 Å². The van der Waals surface area contributed by atoms with Gasteiger partial charge in [0.1, 0.15) is 5.75 Å². The highest BCUT2D eigenvalue weighted by Crippen LogP contribution is 2.46. The highest BCUT2D eigenvalue weighted by atomic mass is 28.4. The molecule has 2 aromatic carbocycles. The van der Waals surface area contributed by atoms with Crippen molar-refractivity contribution in [2.75, 3.05) is 31.3 Å². The van der Waals surface area contributed by atoms with Crippen LogP contribution in [0.25, 0.3) is 0 Å². The third kappa shape index (κ3) is 8.71. The number of ether oxygens (including phenoxy) is 2. The fourth-order valence-corrected chi connectivity index (χ4v) is 10.2. The van der Waals surface area contributed by atoms with E-state index in [2.05, 4.69) is 34.7 Å². The molecular weight excluding hydrogens is 627 g/mol. The Bertz CT molecular complexity index is 1500. The zero-order valence-electron chi connectivity index (χ0n) is 28.8. The number of unbranched alkanes of at least 4 members (excludes halogenated alkanes) is 1. The van der Waals surface area contributed by atoms with E-state index in [4.69, 9.17) is 9.47 Å². The van der Waals surface area contributed by atoms with Gasteiger partial charge in [0, 0.05) is 43.6 Å². The predicted octanol–water partition coefficient (Wildman–Crippen LogP) is 4.16. The lowest BCUT2D eigenvalue weighted by Crippen LogP contribution is -2.49. The molecule has 0 aliphatic carbocycles. The van der Waals surface area contributed by atoms with Gasteiger partial charge in [-0.2, -0.15) is 0 Å². The number of aliphatic hydroxyl groups excluding tert-OH is 2. The number of aliphatic hydroxyl groups is 2. The minimum Gasteiger partial charge on any atom is -0.494 e. The molecular formula is C36H53N5O6Si. The molecule has 12 heteroatoms. The second kappa shape index (κ2) is 16.5. The van der Waals surface area contributed by atoms with Gasteiger partial charge >= 0.3 is 0 Å². The van der Waals surface area contributed by atoms with Crippen LogP contribution < -0.4 is 15.0 Å². The molecule has 2 aliphatic rings. The molecule has 2 aliphatic heterocycles. The van der Waals surface area contributed by atoms with Crippen molar-refractivity contribution in [2.24, 2.45) is 5.92 Å². The maximum Gasteiger partial charge on any atom is 0.249 e. The number of nitrogens with zero attached hydrogens (tertiary/aromatic N) is 4. The first-order valence-electron chi connectivity index (χ1n) is 17.5. The molecule has 48 heavy (non-hydrogen) atoms. The first-order valence-corrected chi connectivity index (χ1v) is 20.6. The fraction of sp³-hybridized carbons (Fsp3) is 0.583. The van der Waals surface area contributed by atoms with Gasteiger partial charge in [-0.05, 0) is 112 Å². The quantitative estimate of drug-likeness (QED) is 0.122. The smallest absolute Gasteiger partial charge is 0.249 e. The van der Waals surface area contributed by atoms with Gasteiger partial charge in [0.2, 0.25) is 5.91 Å². The Kier molecular flexibility index (Phi) is 12.4. The summed E-state index contributed by atoms with van der Waals surface area (Å²) in [6.45, 7) is 10.2. The van der Waals surface area contributed by atoms with Crippen molar-refractivity contribution in [3.05, 3.63) is 65.5 Å². The number of aromatic nitrogens is 3. The highest BCUT2D eigenvalue weighted by molar-refractivity contribution is 6.71. The summed E-state index contributed by atoms with van der Waals surface area (Å²) in [6.07, 6.45) is 6.68. The summed E-state index contributed by atoms with van der Waals surface area (Å²) in [5, 5.41) is 30.2. The molecule has 4 N–H and O–H groups in total. The molecule has 1 amide bonds. The van der Waals surface area contributed by atoms with Crippen molar-refractivity contribution < 1.29 is 29.3 Å². The van der Waals surface area contributed by atoms with Crippen LogP contribution in [-0.4, -0.2) is 88.8 Å². The van der Waals surface area contributed by atoms with Gasteiger partial charge in [0.25, 0.3) is 0 Å². The van der Waals surface area contributed by atoms with E-state index >= 15 is 0 Å². The Balaban J connectivity index is 1.30. The summed E-state index contributed by atoms with van der Waals surface area (Å²) in [6, 6.07) is 13.8. The summed E-state index contributed by atoms with van der Waals surface area (Å²) in [7, 11) is -2.52. The molecule has 262 valence electrons. The van der Waals surface area contributed by atoms with E-state index in [-0.39, 0.29) is 48.8 Å². The number of aryl methyl sites for hydroxylation is 2. The van der Waals surface area contributed by atoms with E-state index in [0.29, 0.717) is 39.0 Å². The lowest BCUT2D eigenvalue weighted by molar-refractivity contribution is -0.120. The van der Waals surface area contributed by atoms with E-state index in [1.165, 1.54) is 0 Å². The largest absolute Gasteiger partial charge is 0.494 e. The van der Waals surface area contributed by atoms with Gasteiger partial charge in [0.05, 0.1) is 36.2 Å². The number of carbonyl (C=O) groups excluding carboxylic acids is 1. The van der Waals surface area contributed by atoms with Crippen LogP contribution in [0.2, 0.25) is 18.6 Å². The maximum atomic E-state index is 14.0. The van der Waals surface area contributed by atoms with E-state index in [9.17, 15) is 19.8 Å². The summed E-state index contributed by atoms with van der Waals surface area (Å²) in [5.41, 5.74) is 4.75. The molecule has 1 saturated heterocycles. The molecule has 1 aromatic heterocycles. The van der Waals surface area contributed by atoms with Gasteiger partial charge in [-0.1, -0.05) is 24.3 Å². The number of carbonyl (C=O) groups is 1. The van der Waals surface area contributed by atoms with Gasteiger partial charge in [-0.15, -0.1) is 5.10 Å². The monoisotopic (exact) mass is 679 g/mol. The minimum absolute atomic E-state index is 0.00473. The summed E-state index contributed by atoms with van der Waals surface area (Å²) in [4.78, 5) is 27.1. The second-order valence-electron chi connectivity index (χ2n) is 13.7. The second-order valence-corrected chi connectivity index (χ2v) is 17.7. The van der Waals surface area contributed by atoms with Gasteiger partial charge in [-0.25, -0.2) is 0 Å². The molecule has 5 atom stereocenters. The Morgan fingerprint density at radius 3 is 2.65 bits per heavy atom. The zero-order chi connectivity index (χ0) is 34.3. The first-order chi connectivity index (χ1) is 23.1. The molecule has 3 aromatic rings. The third-order valence-electron chi connectivity index (χ3n) is 9.72. The van der Waals surface area contributed by atoms with Gasteiger partial charge in [0.15, 0.2) is 8.32 Å². The molecule has 11 nitrogen and oxygen atoms in total. The molecule has 0 spiro atoms. The maximum absolute atomic E-state index is 14.0. The normalized spacial score (nSPS) is 22.7. The number of benzene rings is 2. The molecule has 0 radical (unpaired) electrons. The molecule has 3 heterocycles. The topological polar surface area (TPSA) is 142 Å². The predicted molar refractivity (Wildman–Crippen MR) is 188 cm³/mol. The standard InChI is InChI=1S/C36H53N5O6Si/c1-5-46-30-12-13-32-27(22-30)23-31(37-17-6-7-19-42)36(44)41(32)29-10-8-9-26(21-29)11-14-33-25(2)35(48(3,4)45)34(47-33)15-18-40-24-28(16-20-43)38-39-40/h8-10,12-13,21-22,24-25,31,33-35,37,42-43,45H,5-7,11,14-20,23H2,1-4H3/t25-,31?,33+,34-,35+/m1/s1. The number of hydrogen-bond acceptors (Lipinski definition) is 9. The van der Waals surface area contributed by atoms with Gasteiger partial charge in [-0.3, -0.25) is 14.4 Å². The van der Waals surface area contributed by atoms with Crippen LogP contribution in [0.3, 0.4) is 0 Å². The average molecular weight is 680 g/mol.